The van der Waals surface area contributed by atoms with Crippen molar-refractivity contribution in [2.24, 2.45) is 0 Å². The summed E-state index contributed by atoms with van der Waals surface area (Å²) in [6.45, 7) is 0. The fourth-order valence-corrected chi connectivity index (χ4v) is 2.02. The van der Waals surface area contributed by atoms with E-state index in [1.54, 1.807) is 42.5 Å². The molecule has 0 aliphatic heterocycles. The lowest BCUT2D eigenvalue weighted by molar-refractivity contribution is -0.142. The molecule has 5 heteroatoms. The lowest BCUT2D eigenvalue weighted by Gasteiger charge is -2.16. The number of amides is 1. The molecule has 2 rings (SSSR count). The molecule has 2 aromatic carbocycles. The first-order valence-corrected chi connectivity index (χ1v) is 6.78. The van der Waals surface area contributed by atoms with Crippen molar-refractivity contribution in [1.82, 2.24) is 5.32 Å². The molecule has 4 nitrogen and oxygen atoms in total. The van der Waals surface area contributed by atoms with E-state index in [9.17, 15) is 14.0 Å². The molecule has 1 N–H and O–H groups in total. The summed E-state index contributed by atoms with van der Waals surface area (Å²) in [6, 6.07) is 13.5. The lowest BCUT2D eigenvalue weighted by Crippen LogP contribution is -2.43. The van der Waals surface area contributed by atoms with E-state index in [4.69, 9.17) is 4.74 Å². The Morgan fingerprint density at radius 2 is 1.73 bits per heavy atom. The van der Waals surface area contributed by atoms with Gasteiger partial charge in [-0.1, -0.05) is 30.3 Å². The molecule has 0 aromatic heterocycles. The molecule has 0 aliphatic carbocycles. The molecule has 1 amide bonds. The number of benzene rings is 2. The van der Waals surface area contributed by atoms with E-state index in [2.05, 4.69) is 5.32 Å². The van der Waals surface area contributed by atoms with E-state index >= 15 is 0 Å². The van der Waals surface area contributed by atoms with Crippen LogP contribution in [0.3, 0.4) is 0 Å². The smallest absolute Gasteiger partial charge is 0.328 e. The Hall–Kier alpha value is -2.69. The molecule has 22 heavy (non-hydrogen) atoms. The minimum atomic E-state index is -0.830. The van der Waals surface area contributed by atoms with E-state index in [-0.39, 0.29) is 18.1 Å². The third-order valence-corrected chi connectivity index (χ3v) is 3.18. The van der Waals surface area contributed by atoms with Crippen molar-refractivity contribution in [3.05, 3.63) is 71.5 Å². The minimum Gasteiger partial charge on any atom is -0.467 e. The number of esters is 1. The monoisotopic (exact) mass is 301 g/mol. The van der Waals surface area contributed by atoms with Crippen molar-refractivity contribution in [3.8, 4) is 0 Å². The molecule has 1 unspecified atom stereocenters. The van der Waals surface area contributed by atoms with Crippen LogP contribution in [0.4, 0.5) is 4.39 Å². The fourth-order valence-electron chi connectivity index (χ4n) is 2.02. The first-order valence-electron chi connectivity index (χ1n) is 6.78. The van der Waals surface area contributed by atoms with Gasteiger partial charge in [-0.3, -0.25) is 4.79 Å². The van der Waals surface area contributed by atoms with Gasteiger partial charge in [-0.25, -0.2) is 9.18 Å². The maximum Gasteiger partial charge on any atom is 0.328 e. The van der Waals surface area contributed by atoms with Gasteiger partial charge in [0.25, 0.3) is 5.91 Å². The number of carbonyl (C=O) groups is 2. The summed E-state index contributed by atoms with van der Waals surface area (Å²) in [4.78, 5) is 24.0. The average Bonchev–Trinajstić information content (AvgIpc) is 2.56. The maximum absolute atomic E-state index is 12.9. The molecule has 114 valence electrons. The molecular formula is C17H16FNO3. The second-order valence-electron chi connectivity index (χ2n) is 4.75. The van der Waals surface area contributed by atoms with Gasteiger partial charge in [0.1, 0.15) is 11.9 Å². The van der Waals surface area contributed by atoms with Crippen LogP contribution in [0.25, 0.3) is 0 Å². The van der Waals surface area contributed by atoms with Crippen LogP contribution < -0.4 is 5.32 Å². The second-order valence-corrected chi connectivity index (χ2v) is 4.75. The van der Waals surface area contributed by atoms with Crippen molar-refractivity contribution >= 4 is 11.9 Å². The molecule has 1 atom stereocenters. The number of ether oxygens (including phenoxy) is 1. The normalized spacial score (nSPS) is 11.5. The van der Waals surface area contributed by atoms with Crippen molar-refractivity contribution in [3.63, 3.8) is 0 Å². The van der Waals surface area contributed by atoms with E-state index in [0.717, 1.165) is 5.56 Å². The molecule has 0 aliphatic rings. The van der Waals surface area contributed by atoms with Crippen LogP contribution >= 0.6 is 0 Å². The van der Waals surface area contributed by atoms with Crippen LogP contribution in [0.1, 0.15) is 15.9 Å². The summed E-state index contributed by atoms with van der Waals surface area (Å²) >= 11 is 0. The Morgan fingerprint density at radius 3 is 2.32 bits per heavy atom. The van der Waals surface area contributed by atoms with Gasteiger partial charge in [-0.2, -0.15) is 0 Å². The highest BCUT2D eigenvalue weighted by Crippen LogP contribution is 2.08. The standard InChI is InChI=1S/C17H16FNO3/c1-22-17(21)15(11-12-7-9-14(18)10-8-12)19-16(20)13-5-3-2-4-6-13/h2-10,15H,11H2,1H3,(H,19,20). The Kier molecular flexibility index (Phi) is 5.25. The molecule has 0 heterocycles. The van der Waals surface area contributed by atoms with Crippen molar-refractivity contribution < 1.29 is 18.7 Å². The van der Waals surface area contributed by atoms with Crippen LogP contribution in [-0.2, 0) is 16.0 Å². The molecule has 0 radical (unpaired) electrons. The fraction of sp³-hybridized carbons (Fsp3) is 0.176. The van der Waals surface area contributed by atoms with Crippen molar-refractivity contribution in [2.45, 2.75) is 12.5 Å². The average molecular weight is 301 g/mol. The number of nitrogens with one attached hydrogen (secondary N) is 1. The first-order chi connectivity index (χ1) is 10.6. The summed E-state index contributed by atoms with van der Waals surface area (Å²) in [6.07, 6.45) is 0.228. The lowest BCUT2D eigenvalue weighted by atomic mass is 10.1. The predicted octanol–water partition coefficient (Wildman–Crippen LogP) is 2.34. The third-order valence-electron chi connectivity index (χ3n) is 3.18. The molecule has 0 saturated carbocycles. The molecular weight excluding hydrogens is 285 g/mol. The number of hydrogen-bond acceptors (Lipinski definition) is 3. The highest BCUT2D eigenvalue weighted by molar-refractivity contribution is 5.96. The number of rotatable bonds is 5. The molecule has 0 spiro atoms. The topological polar surface area (TPSA) is 55.4 Å². The zero-order valence-electron chi connectivity index (χ0n) is 12.1. The van der Waals surface area contributed by atoms with E-state index in [1.807, 2.05) is 0 Å². The van der Waals surface area contributed by atoms with E-state index in [1.165, 1.54) is 19.2 Å². The van der Waals surface area contributed by atoms with Crippen LogP contribution in [0, 0.1) is 5.82 Å². The number of methoxy groups -OCH3 is 1. The predicted molar refractivity (Wildman–Crippen MR) is 79.8 cm³/mol. The van der Waals surface area contributed by atoms with E-state index in [0.29, 0.717) is 5.56 Å². The van der Waals surface area contributed by atoms with Gasteiger partial charge in [0.05, 0.1) is 7.11 Å². The van der Waals surface area contributed by atoms with Gasteiger partial charge < -0.3 is 10.1 Å². The quantitative estimate of drug-likeness (QED) is 0.862. The Morgan fingerprint density at radius 1 is 1.09 bits per heavy atom. The summed E-state index contributed by atoms with van der Waals surface area (Å²) in [5.41, 5.74) is 1.18. The van der Waals surface area contributed by atoms with Crippen LogP contribution in [0.2, 0.25) is 0 Å². The van der Waals surface area contributed by atoms with Crippen LogP contribution in [-0.4, -0.2) is 25.0 Å². The largest absolute Gasteiger partial charge is 0.467 e. The number of halogens is 1. The zero-order chi connectivity index (χ0) is 15.9. The SMILES string of the molecule is COC(=O)C(Cc1ccc(F)cc1)NC(=O)c1ccccc1. The number of carbonyl (C=O) groups excluding carboxylic acids is 2. The van der Waals surface area contributed by atoms with Gasteiger partial charge in [-0.15, -0.1) is 0 Å². The second kappa shape index (κ2) is 7.36. The van der Waals surface area contributed by atoms with Gasteiger partial charge in [0.15, 0.2) is 0 Å². The number of hydrogen-bond donors (Lipinski definition) is 1. The molecule has 2 aromatic rings. The van der Waals surface area contributed by atoms with Crippen LogP contribution in [0.15, 0.2) is 54.6 Å². The van der Waals surface area contributed by atoms with Crippen molar-refractivity contribution in [1.29, 1.82) is 0 Å². The Bertz CT molecular complexity index is 641. The maximum atomic E-state index is 12.9. The summed E-state index contributed by atoms with van der Waals surface area (Å²) in [7, 11) is 1.26. The van der Waals surface area contributed by atoms with Crippen LogP contribution in [0.5, 0.6) is 0 Å². The van der Waals surface area contributed by atoms with Gasteiger partial charge in [0.2, 0.25) is 0 Å². The van der Waals surface area contributed by atoms with Crippen molar-refractivity contribution in [2.75, 3.05) is 7.11 Å². The summed E-state index contributed by atoms with van der Waals surface area (Å²) in [5, 5.41) is 2.64. The van der Waals surface area contributed by atoms with Gasteiger partial charge >= 0.3 is 5.97 Å². The molecule has 0 bridgehead atoms. The first kappa shape index (κ1) is 15.7. The highest BCUT2D eigenvalue weighted by atomic mass is 19.1. The highest BCUT2D eigenvalue weighted by Gasteiger charge is 2.22. The zero-order valence-corrected chi connectivity index (χ0v) is 12.1. The van der Waals surface area contributed by atoms with E-state index < -0.39 is 12.0 Å². The molecule has 0 saturated heterocycles. The summed E-state index contributed by atoms with van der Waals surface area (Å²) in [5.74, 6) is -1.27. The Balaban J connectivity index is 2.11. The Labute approximate surface area is 127 Å². The van der Waals surface area contributed by atoms with Gasteiger partial charge in [0, 0.05) is 12.0 Å². The minimum absolute atomic E-state index is 0.228. The van der Waals surface area contributed by atoms with Gasteiger partial charge in [-0.05, 0) is 29.8 Å². The molecule has 0 fully saturated rings. The summed E-state index contributed by atoms with van der Waals surface area (Å²) < 4.78 is 17.6. The third kappa shape index (κ3) is 4.15.